The molecule has 106 valence electrons. The van der Waals surface area contributed by atoms with E-state index in [-0.39, 0.29) is 5.75 Å². The van der Waals surface area contributed by atoms with Gasteiger partial charge in [-0.05, 0) is 5.92 Å². The van der Waals surface area contributed by atoms with Crippen LogP contribution in [0.1, 0.15) is 6.92 Å². The third-order valence-corrected chi connectivity index (χ3v) is 4.45. The van der Waals surface area contributed by atoms with Crippen molar-refractivity contribution in [1.82, 2.24) is 0 Å². The molecule has 3 atom stereocenters. The van der Waals surface area contributed by atoms with E-state index in [0.29, 0.717) is 0 Å². The maximum Gasteiger partial charge on any atom is 0.314 e. The first kappa shape index (κ1) is 15.4. The number of carbonyl (C=O) groups excluding carboxylic acids is 1. The van der Waals surface area contributed by atoms with Crippen molar-refractivity contribution in [2.45, 2.75) is 6.92 Å². The highest BCUT2D eigenvalue weighted by molar-refractivity contribution is 7.90. The summed E-state index contributed by atoms with van der Waals surface area (Å²) in [5.74, 6) is -4.22. The number of amides is 1. The number of allylic oxidation sites excluding steroid dienone is 2. The van der Waals surface area contributed by atoms with Crippen molar-refractivity contribution in [2.24, 2.45) is 23.0 Å². The van der Waals surface area contributed by atoms with Crippen LogP contribution in [0.15, 0.2) is 24.3 Å². The number of nitrogens with two attached hydrogens (primary N) is 1. The lowest BCUT2D eigenvalue weighted by molar-refractivity contribution is -0.153. The minimum atomic E-state index is -3.37. The lowest BCUT2D eigenvalue weighted by atomic mass is 9.65. The minimum absolute atomic E-state index is 0.332. The van der Waals surface area contributed by atoms with Crippen LogP contribution in [0.5, 0.6) is 0 Å². The molecule has 7 heteroatoms. The second-order valence-corrected chi connectivity index (χ2v) is 7.04. The van der Waals surface area contributed by atoms with E-state index < -0.39 is 39.0 Å². The number of carbonyl (C=O) groups is 2. The van der Waals surface area contributed by atoms with Crippen LogP contribution in [-0.4, -0.2) is 37.4 Å². The number of carboxylic acid groups (broad SMARTS) is 1. The lowest BCUT2D eigenvalue weighted by Crippen LogP contribution is -2.49. The van der Waals surface area contributed by atoms with Crippen molar-refractivity contribution in [3.05, 3.63) is 24.3 Å². The first-order chi connectivity index (χ1) is 8.61. The summed E-state index contributed by atoms with van der Waals surface area (Å²) in [5.41, 5.74) is 3.62. The molecule has 6 nitrogen and oxygen atoms in total. The number of hydrogen-bond donors (Lipinski definition) is 2. The van der Waals surface area contributed by atoms with Crippen LogP contribution in [0.3, 0.4) is 0 Å². The SMILES string of the molecule is CC(CS(C)(=O)=O)C1(C(=O)O)C=CC=CC1C(N)=O. The zero-order chi connectivity index (χ0) is 14.8. The van der Waals surface area contributed by atoms with Gasteiger partial charge in [0.05, 0.1) is 11.7 Å². The normalized spacial score (nSPS) is 28.0. The van der Waals surface area contributed by atoms with E-state index in [1.165, 1.54) is 31.2 Å². The highest BCUT2D eigenvalue weighted by Crippen LogP contribution is 2.41. The molecule has 1 aliphatic carbocycles. The van der Waals surface area contributed by atoms with Gasteiger partial charge in [-0.1, -0.05) is 31.2 Å². The Morgan fingerprint density at radius 1 is 1.42 bits per heavy atom. The quantitative estimate of drug-likeness (QED) is 0.736. The molecule has 0 spiro atoms. The predicted octanol–water partition coefficient (Wildman–Crippen LogP) is -0.0344. The summed E-state index contributed by atoms with van der Waals surface area (Å²) in [5, 5.41) is 9.49. The summed E-state index contributed by atoms with van der Waals surface area (Å²) < 4.78 is 22.7. The fraction of sp³-hybridized carbons (Fsp3) is 0.500. The summed E-state index contributed by atoms with van der Waals surface area (Å²) in [6.07, 6.45) is 6.80. The van der Waals surface area contributed by atoms with Gasteiger partial charge in [0.1, 0.15) is 15.3 Å². The molecule has 0 radical (unpaired) electrons. The molecule has 0 fully saturated rings. The van der Waals surface area contributed by atoms with Crippen molar-refractivity contribution < 1.29 is 23.1 Å². The van der Waals surface area contributed by atoms with Crippen molar-refractivity contribution in [3.63, 3.8) is 0 Å². The molecule has 0 saturated carbocycles. The van der Waals surface area contributed by atoms with Gasteiger partial charge in [0.25, 0.3) is 0 Å². The first-order valence-corrected chi connectivity index (χ1v) is 7.73. The standard InChI is InChI=1S/C12H17NO5S/c1-8(7-19(2,17)18)12(11(15)16)6-4-3-5-9(12)10(13)14/h3-6,8-9H,7H2,1-2H3,(H2,13,14)(H,15,16). The lowest BCUT2D eigenvalue weighted by Gasteiger charge is -2.37. The Kier molecular flexibility index (Phi) is 4.19. The Balaban J connectivity index is 3.31. The van der Waals surface area contributed by atoms with Crippen LogP contribution in [0.4, 0.5) is 0 Å². The first-order valence-electron chi connectivity index (χ1n) is 5.67. The van der Waals surface area contributed by atoms with Gasteiger partial charge < -0.3 is 10.8 Å². The third-order valence-electron chi connectivity index (χ3n) is 3.35. The van der Waals surface area contributed by atoms with E-state index in [2.05, 4.69) is 0 Å². The molecule has 0 aromatic heterocycles. The molecule has 3 unspecified atom stereocenters. The van der Waals surface area contributed by atoms with Gasteiger partial charge in [-0.15, -0.1) is 0 Å². The topological polar surface area (TPSA) is 115 Å². The van der Waals surface area contributed by atoms with Gasteiger partial charge in [-0.2, -0.15) is 0 Å². The van der Waals surface area contributed by atoms with Crippen LogP contribution >= 0.6 is 0 Å². The average Bonchev–Trinajstić information content (AvgIpc) is 2.25. The van der Waals surface area contributed by atoms with Gasteiger partial charge >= 0.3 is 5.97 Å². The number of sulfone groups is 1. The fourth-order valence-corrected chi connectivity index (χ4v) is 3.65. The Labute approximate surface area is 111 Å². The number of rotatable bonds is 5. The molecule has 0 bridgehead atoms. The number of aliphatic carboxylic acids is 1. The maximum atomic E-state index is 11.6. The largest absolute Gasteiger partial charge is 0.481 e. The monoisotopic (exact) mass is 287 g/mol. The van der Waals surface area contributed by atoms with Crippen molar-refractivity contribution in [3.8, 4) is 0 Å². The van der Waals surface area contributed by atoms with E-state index in [1.807, 2.05) is 0 Å². The number of hydrogen-bond acceptors (Lipinski definition) is 4. The van der Waals surface area contributed by atoms with Crippen LogP contribution in [0.2, 0.25) is 0 Å². The van der Waals surface area contributed by atoms with Crippen molar-refractivity contribution in [1.29, 1.82) is 0 Å². The molecule has 0 heterocycles. The molecule has 1 aliphatic rings. The van der Waals surface area contributed by atoms with Gasteiger partial charge in [0.2, 0.25) is 5.91 Å². The molecule has 0 aromatic carbocycles. The maximum absolute atomic E-state index is 11.6. The summed E-state index contributed by atoms with van der Waals surface area (Å²) in [7, 11) is -3.37. The van der Waals surface area contributed by atoms with Crippen LogP contribution in [-0.2, 0) is 19.4 Å². The predicted molar refractivity (Wildman–Crippen MR) is 69.9 cm³/mol. The van der Waals surface area contributed by atoms with Gasteiger partial charge in [-0.3, -0.25) is 9.59 Å². The Morgan fingerprint density at radius 3 is 2.42 bits per heavy atom. The van der Waals surface area contributed by atoms with E-state index in [4.69, 9.17) is 5.73 Å². The third kappa shape index (κ3) is 3.04. The Hall–Kier alpha value is -1.63. The molecule has 0 aliphatic heterocycles. The molecule has 0 aromatic rings. The van der Waals surface area contributed by atoms with E-state index in [9.17, 15) is 23.1 Å². The molecular formula is C12H17NO5S. The number of carboxylic acids is 1. The van der Waals surface area contributed by atoms with Crippen LogP contribution < -0.4 is 5.73 Å². The van der Waals surface area contributed by atoms with E-state index >= 15 is 0 Å². The van der Waals surface area contributed by atoms with E-state index in [1.54, 1.807) is 0 Å². The summed E-state index contributed by atoms with van der Waals surface area (Å²) in [6, 6.07) is 0. The fourth-order valence-electron chi connectivity index (χ4n) is 2.46. The number of primary amides is 1. The molecule has 1 amide bonds. The van der Waals surface area contributed by atoms with Crippen LogP contribution in [0.25, 0.3) is 0 Å². The van der Waals surface area contributed by atoms with Crippen molar-refractivity contribution >= 4 is 21.7 Å². The minimum Gasteiger partial charge on any atom is -0.481 e. The van der Waals surface area contributed by atoms with Gasteiger partial charge in [0.15, 0.2) is 0 Å². The van der Waals surface area contributed by atoms with Crippen molar-refractivity contribution in [2.75, 3.05) is 12.0 Å². The molecule has 1 rings (SSSR count). The smallest absolute Gasteiger partial charge is 0.314 e. The highest BCUT2D eigenvalue weighted by Gasteiger charge is 2.51. The average molecular weight is 287 g/mol. The van der Waals surface area contributed by atoms with Gasteiger partial charge in [-0.25, -0.2) is 8.42 Å². The second kappa shape index (κ2) is 5.16. The summed E-state index contributed by atoms with van der Waals surface area (Å²) in [4.78, 5) is 23.1. The van der Waals surface area contributed by atoms with E-state index in [0.717, 1.165) is 6.26 Å². The zero-order valence-corrected chi connectivity index (χ0v) is 11.6. The van der Waals surface area contributed by atoms with Crippen LogP contribution in [0, 0.1) is 17.3 Å². The second-order valence-electron chi connectivity index (χ2n) is 4.86. The Morgan fingerprint density at radius 2 is 2.00 bits per heavy atom. The Bertz CT molecular complexity index is 548. The molecule has 0 saturated heterocycles. The van der Waals surface area contributed by atoms with Gasteiger partial charge in [0, 0.05) is 6.26 Å². The summed E-state index contributed by atoms with van der Waals surface area (Å²) in [6.45, 7) is 1.49. The highest BCUT2D eigenvalue weighted by atomic mass is 32.2. The molecular weight excluding hydrogens is 270 g/mol. The molecule has 19 heavy (non-hydrogen) atoms. The zero-order valence-electron chi connectivity index (χ0n) is 10.7. The summed E-state index contributed by atoms with van der Waals surface area (Å²) >= 11 is 0. The molecule has 3 N–H and O–H groups in total.